The van der Waals surface area contributed by atoms with E-state index in [0.29, 0.717) is 23.6 Å². The van der Waals surface area contributed by atoms with Gasteiger partial charge in [-0.25, -0.2) is 9.37 Å². The van der Waals surface area contributed by atoms with E-state index in [1.165, 1.54) is 18.2 Å². The molecule has 2 aromatic rings. The third-order valence-corrected chi connectivity index (χ3v) is 2.86. The normalized spacial score (nSPS) is 10.2. The summed E-state index contributed by atoms with van der Waals surface area (Å²) in [6, 6.07) is 7.41. The van der Waals surface area contributed by atoms with Crippen molar-refractivity contribution >= 4 is 23.0 Å². The van der Waals surface area contributed by atoms with Crippen LogP contribution in [0.15, 0.2) is 30.3 Å². The molecule has 0 saturated carbocycles. The summed E-state index contributed by atoms with van der Waals surface area (Å²) in [5, 5.41) is 16.8. The fraction of sp³-hybridized carbons (Fsp3) is 0.214. The Kier molecular flexibility index (Phi) is 4.32. The van der Waals surface area contributed by atoms with Crippen LogP contribution < -0.4 is 10.6 Å². The first-order chi connectivity index (χ1) is 10.0. The third kappa shape index (κ3) is 3.44. The van der Waals surface area contributed by atoms with Gasteiger partial charge in [-0.1, -0.05) is 6.07 Å². The number of hydrogen-bond acceptors (Lipinski definition) is 5. The first-order valence-electron chi connectivity index (χ1n) is 6.43. The van der Waals surface area contributed by atoms with E-state index in [4.69, 9.17) is 0 Å². The maximum Gasteiger partial charge on any atom is 0.311 e. The number of pyridine rings is 1. The number of nitro groups is 1. The quantitative estimate of drug-likeness (QED) is 0.649. The van der Waals surface area contributed by atoms with Gasteiger partial charge in [0.1, 0.15) is 11.6 Å². The lowest BCUT2D eigenvalue weighted by atomic mass is 10.2. The van der Waals surface area contributed by atoms with Crippen LogP contribution in [0.1, 0.15) is 12.5 Å². The molecule has 1 aromatic heterocycles. The van der Waals surface area contributed by atoms with Gasteiger partial charge in [-0.3, -0.25) is 10.1 Å². The van der Waals surface area contributed by atoms with Crippen molar-refractivity contribution in [1.29, 1.82) is 0 Å². The molecular weight excluding hydrogens is 275 g/mol. The Morgan fingerprint density at radius 3 is 2.71 bits per heavy atom. The van der Waals surface area contributed by atoms with E-state index in [2.05, 4.69) is 15.6 Å². The molecule has 7 heteroatoms. The summed E-state index contributed by atoms with van der Waals surface area (Å²) in [5.74, 6) is 0.199. The average Bonchev–Trinajstić information content (AvgIpc) is 2.43. The fourth-order valence-corrected chi connectivity index (χ4v) is 1.78. The second kappa shape index (κ2) is 6.17. The molecule has 2 N–H and O–H groups in total. The highest BCUT2D eigenvalue weighted by molar-refractivity contribution is 5.67. The largest absolute Gasteiger partial charge is 0.370 e. The number of hydrogen-bond donors (Lipinski definition) is 2. The molecule has 6 nitrogen and oxygen atoms in total. The number of benzene rings is 1. The van der Waals surface area contributed by atoms with Crippen LogP contribution in [0.25, 0.3) is 0 Å². The zero-order valence-electron chi connectivity index (χ0n) is 11.7. The molecule has 0 amide bonds. The van der Waals surface area contributed by atoms with Gasteiger partial charge in [0, 0.05) is 18.3 Å². The summed E-state index contributed by atoms with van der Waals surface area (Å²) in [5.41, 5.74) is 0.740. The molecule has 0 bridgehead atoms. The van der Waals surface area contributed by atoms with Crippen molar-refractivity contribution in [3.05, 3.63) is 51.8 Å². The number of nitrogens with one attached hydrogen (secondary N) is 2. The van der Waals surface area contributed by atoms with Crippen LogP contribution >= 0.6 is 0 Å². The first kappa shape index (κ1) is 14.7. The van der Waals surface area contributed by atoms with E-state index in [0.717, 1.165) is 0 Å². The van der Waals surface area contributed by atoms with Gasteiger partial charge in [0.2, 0.25) is 5.82 Å². The predicted octanol–water partition coefficient (Wildman–Crippen LogP) is 3.61. The van der Waals surface area contributed by atoms with E-state index in [1.54, 1.807) is 19.1 Å². The molecule has 0 aliphatic heterocycles. The fourth-order valence-electron chi connectivity index (χ4n) is 1.78. The molecular formula is C14H15FN4O2. The Labute approximate surface area is 121 Å². The predicted molar refractivity (Wildman–Crippen MR) is 79.5 cm³/mol. The number of anilines is 3. The van der Waals surface area contributed by atoms with Crippen LogP contribution in [0.3, 0.4) is 0 Å². The Morgan fingerprint density at radius 1 is 1.33 bits per heavy atom. The monoisotopic (exact) mass is 290 g/mol. The van der Waals surface area contributed by atoms with Crippen molar-refractivity contribution in [3.63, 3.8) is 0 Å². The third-order valence-electron chi connectivity index (χ3n) is 2.86. The average molecular weight is 290 g/mol. The summed E-state index contributed by atoms with van der Waals surface area (Å²) in [6.45, 7) is 4.18. The molecule has 1 heterocycles. The second-order valence-electron chi connectivity index (χ2n) is 4.44. The Bertz CT molecular complexity index is 676. The molecule has 110 valence electrons. The number of rotatable bonds is 5. The topological polar surface area (TPSA) is 80.1 Å². The zero-order chi connectivity index (χ0) is 15.4. The van der Waals surface area contributed by atoms with Crippen LogP contribution in [0, 0.1) is 22.9 Å². The summed E-state index contributed by atoms with van der Waals surface area (Å²) in [4.78, 5) is 14.6. The molecule has 0 radical (unpaired) electrons. The molecule has 2 rings (SSSR count). The summed E-state index contributed by atoms with van der Waals surface area (Å²) >= 11 is 0. The van der Waals surface area contributed by atoms with Crippen molar-refractivity contribution in [2.24, 2.45) is 0 Å². The van der Waals surface area contributed by atoms with Crippen molar-refractivity contribution in [2.45, 2.75) is 13.8 Å². The highest BCUT2D eigenvalue weighted by Crippen LogP contribution is 2.27. The van der Waals surface area contributed by atoms with E-state index in [-0.39, 0.29) is 17.3 Å². The van der Waals surface area contributed by atoms with Crippen LogP contribution in [0.4, 0.5) is 27.4 Å². The van der Waals surface area contributed by atoms with Gasteiger partial charge in [-0.15, -0.1) is 0 Å². The Hall–Kier alpha value is -2.70. The van der Waals surface area contributed by atoms with E-state index in [1.807, 2.05) is 6.92 Å². The lowest BCUT2D eigenvalue weighted by Crippen LogP contribution is -2.04. The molecule has 0 saturated heterocycles. The molecule has 0 fully saturated rings. The van der Waals surface area contributed by atoms with Crippen molar-refractivity contribution < 1.29 is 9.31 Å². The molecule has 21 heavy (non-hydrogen) atoms. The molecule has 0 aliphatic carbocycles. The number of nitrogens with zero attached hydrogens (tertiary/aromatic N) is 2. The molecule has 0 atom stereocenters. The highest BCUT2D eigenvalue weighted by atomic mass is 19.1. The van der Waals surface area contributed by atoms with Gasteiger partial charge in [-0.2, -0.15) is 0 Å². The molecule has 0 aliphatic rings. The second-order valence-corrected chi connectivity index (χ2v) is 4.44. The van der Waals surface area contributed by atoms with Crippen LogP contribution in [-0.2, 0) is 0 Å². The van der Waals surface area contributed by atoms with E-state index >= 15 is 0 Å². The minimum absolute atomic E-state index is 0.0710. The lowest BCUT2D eigenvalue weighted by Gasteiger charge is -2.09. The van der Waals surface area contributed by atoms with Crippen molar-refractivity contribution in [1.82, 2.24) is 4.98 Å². The van der Waals surface area contributed by atoms with Crippen molar-refractivity contribution in [2.75, 3.05) is 17.2 Å². The van der Waals surface area contributed by atoms with Gasteiger partial charge in [0.05, 0.1) is 4.92 Å². The maximum atomic E-state index is 13.5. The van der Waals surface area contributed by atoms with E-state index in [9.17, 15) is 14.5 Å². The lowest BCUT2D eigenvalue weighted by molar-refractivity contribution is -0.384. The Balaban J connectivity index is 2.37. The summed E-state index contributed by atoms with van der Waals surface area (Å²) < 4.78 is 13.5. The maximum absolute atomic E-state index is 13.5. The summed E-state index contributed by atoms with van der Waals surface area (Å²) in [6.07, 6.45) is 0. The van der Waals surface area contributed by atoms with Gasteiger partial charge < -0.3 is 10.6 Å². The minimum atomic E-state index is -0.532. The van der Waals surface area contributed by atoms with Crippen LogP contribution in [0.5, 0.6) is 0 Å². The molecule has 1 aromatic carbocycles. The molecule has 0 unspecified atom stereocenters. The van der Waals surface area contributed by atoms with Gasteiger partial charge in [0.25, 0.3) is 0 Å². The highest BCUT2D eigenvalue weighted by Gasteiger charge is 2.16. The van der Waals surface area contributed by atoms with Crippen LogP contribution in [0.2, 0.25) is 0 Å². The SMILES string of the molecule is CCNc1ccc([N+](=O)[O-])c(Nc2ccc(C)c(F)c2)n1. The van der Waals surface area contributed by atoms with Gasteiger partial charge >= 0.3 is 5.69 Å². The molecule has 0 spiro atoms. The number of aryl methyl sites for hydroxylation is 1. The minimum Gasteiger partial charge on any atom is -0.370 e. The van der Waals surface area contributed by atoms with Crippen molar-refractivity contribution in [3.8, 4) is 0 Å². The number of aromatic nitrogens is 1. The van der Waals surface area contributed by atoms with Gasteiger partial charge in [-0.05, 0) is 37.6 Å². The zero-order valence-corrected chi connectivity index (χ0v) is 11.7. The standard InChI is InChI=1S/C14H15FN4O2/c1-3-16-13-7-6-12(19(20)21)14(18-13)17-10-5-4-9(2)11(15)8-10/h4-8H,3H2,1-2H3,(H2,16,17,18). The Morgan fingerprint density at radius 2 is 2.10 bits per heavy atom. The van der Waals surface area contributed by atoms with Crippen LogP contribution in [-0.4, -0.2) is 16.5 Å². The van der Waals surface area contributed by atoms with Gasteiger partial charge in [0.15, 0.2) is 0 Å². The number of halogens is 1. The first-order valence-corrected chi connectivity index (χ1v) is 6.43. The smallest absolute Gasteiger partial charge is 0.311 e. The van der Waals surface area contributed by atoms with E-state index < -0.39 is 4.92 Å². The summed E-state index contributed by atoms with van der Waals surface area (Å²) in [7, 11) is 0.